The molecule has 0 aliphatic carbocycles. The van der Waals surface area contributed by atoms with Crippen LogP contribution in [0.4, 0.5) is 0 Å². The average Bonchev–Trinajstić information content (AvgIpc) is 3.31. The van der Waals surface area contributed by atoms with Crippen LogP contribution in [0.5, 0.6) is 11.5 Å². The number of ether oxygens (including phenoxy) is 2. The number of nitrogens with one attached hydrogen (secondary N) is 1. The molecule has 142 valence electrons. The summed E-state index contributed by atoms with van der Waals surface area (Å²) in [5.74, 6) is 1.73. The Kier molecular flexibility index (Phi) is 4.45. The summed E-state index contributed by atoms with van der Waals surface area (Å²) in [5.41, 5.74) is 2.05. The molecule has 4 rings (SSSR count). The van der Waals surface area contributed by atoms with Gasteiger partial charge in [0.05, 0.1) is 11.3 Å². The van der Waals surface area contributed by atoms with E-state index in [0.29, 0.717) is 33.4 Å². The van der Waals surface area contributed by atoms with E-state index >= 15 is 0 Å². The fourth-order valence-electron chi connectivity index (χ4n) is 3.05. The highest BCUT2D eigenvalue weighted by Gasteiger charge is 2.28. The second-order valence-corrected chi connectivity index (χ2v) is 9.40. The van der Waals surface area contributed by atoms with Gasteiger partial charge in [0.15, 0.2) is 17.3 Å². The minimum Gasteiger partial charge on any atom is -0.454 e. The summed E-state index contributed by atoms with van der Waals surface area (Å²) in [7, 11) is -3.75. The summed E-state index contributed by atoms with van der Waals surface area (Å²) < 4.78 is 44.7. The number of nitrogens with zero attached hydrogens (tertiary/aromatic N) is 1. The van der Waals surface area contributed by atoms with Gasteiger partial charge in [-0.05, 0) is 38.5 Å². The first-order valence-electron chi connectivity index (χ1n) is 8.27. The van der Waals surface area contributed by atoms with Crippen molar-refractivity contribution in [1.82, 2.24) is 9.88 Å². The molecule has 0 fully saturated rings. The number of hydrogen-bond acceptors (Lipinski definition) is 7. The molecule has 0 saturated heterocycles. The number of thiophene rings is 1. The van der Waals surface area contributed by atoms with Gasteiger partial charge >= 0.3 is 0 Å². The predicted molar refractivity (Wildman–Crippen MR) is 101 cm³/mol. The fourth-order valence-corrected chi connectivity index (χ4v) is 5.93. The van der Waals surface area contributed by atoms with E-state index in [-0.39, 0.29) is 18.2 Å². The summed E-state index contributed by atoms with van der Waals surface area (Å²) in [6, 6.07) is 7.10. The van der Waals surface area contributed by atoms with Gasteiger partial charge in [0.2, 0.25) is 16.8 Å². The van der Waals surface area contributed by atoms with Crippen molar-refractivity contribution < 1.29 is 22.4 Å². The van der Waals surface area contributed by atoms with E-state index in [1.165, 1.54) is 11.3 Å². The average molecular weight is 406 g/mol. The standard InChI is InChI=1S/C18H18N2O5S2/c1-10-6-16(25-20-10)17-11(2)26-12(3)18(17)27(21,22)19-8-13-4-5-14-15(7-13)24-9-23-14/h4-7,19H,8-9H2,1-3H3. The number of hydrogen-bond donors (Lipinski definition) is 1. The van der Waals surface area contributed by atoms with Crippen molar-refractivity contribution in [2.45, 2.75) is 32.2 Å². The third-order valence-corrected chi connectivity index (χ3v) is 6.97. The van der Waals surface area contributed by atoms with Crippen molar-refractivity contribution in [3.63, 3.8) is 0 Å². The van der Waals surface area contributed by atoms with Crippen molar-refractivity contribution in [2.75, 3.05) is 6.79 Å². The Balaban J connectivity index is 1.64. The van der Waals surface area contributed by atoms with Crippen LogP contribution < -0.4 is 14.2 Å². The molecule has 1 aromatic carbocycles. The van der Waals surface area contributed by atoms with Gasteiger partial charge in [0, 0.05) is 22.4 Å². The van der Waals surface area contributed by atoms with Gasteiger partial charge in [-0.15, -0.1) is 11.3 Å². The Morgan fingerprint density at radius 1 is 1.11 bits per heavy atom. The lowest BCUT2D eigenvalue weighted by atomic mass is 10.2. The molecule has 3 heterocycles. The second-order valence-electron chi connectivity index (χ2n) is 6.26. The van der Waals surface area contributed by atoms with E-state index < -0.39 is 10.0 Å². The lowest BCUT2D eigenvalue weighted by molar-refractivity contribution is 0.174. The van der Waals surface area contributed by atoms with E-state index in [9.17, 15) is 8.42 Å². The number of aryl methyl sites for hydroxylation is 3. The molecule has 0 radical (unpaired) electrons. The Hall–Kier alpha value is -2.36. The molecule has 1 N–H and O–H groups in total. The summed E-state index contributed by atoms with van der Waals surface area (Å²) in [5, 5.41) is 3.88. The highest BCUT2D eigenvalue weighted by atomic mass is 32.2. The monoisotopic (exact) mass is 406 g/mol. The Bertz CT molecular complexity index is 1110. The predicted octanol–water partition coefficient (Wildman–Crippen LogP) is 3.54. The molecule has 0 unspecified atom stereocenters. The molecule has 27 heavy (non-hydrogen) atoms. The summed E-state index contributed by atoms with van der Waals surface area (Å²) in [6.45, 7) is 5.79. The lowest BCUT2D eigenvalue weighted by Crippen LogP contribution is -2.24. The molecule has 7 nitrogen and oxygen atoms in total. The largest absolute Gasteiger partial charge is 0.454 e. The van der Waals surface area contributed by atoms with Gasteiger partial charge in [-0.1, -0.05) is 11.2 Å². The van der Waals surface area contributed by atoms with Gasteiger partial charge < -0.3 is 14.0 Å². The zero-order chi connectivity index (χ0) is 19.2. The van der Waals surface area contributed by atoms with E-state index in [0.717, 1.165) is 10.4 Å². The molecule has 0 spiro atoms. The van der Waals surface area contributed by atoms with Crippen molar-refractivity contribution in [1.29, 1.82) is 0 Å². The van der Waals surface area contributed by atoms with E-state index in [2.05, 4.69) is 9.88 Å². The molecule has 0 bridgehead atoms. The van der Waals surface area contributed by atoms with Crippen molar-refractivity contribution >= 4 is 21.4 Å². The molecule has 0 amide bonds. The maximum absolute atomic E-state index is 13.1. The topological polar surface area (TPSA) is 90.7 Å². The van der Waals surface area contributed by atoms with Gasteiger partial charge in [-0.3, -0.25) is 0 Å². The van der Waals surface area contributed by atoms with Crippen LogP contribution >= 0.6 is 11.3 Å². The number of aromatic nitrogens is 1. The first-order chi connectivity index (χ1) is 12.8. The molecule has 3 aromatic rings. The van der Waals surface area contributed by atoms with Gasteiger partial charge in [0.1, 0.15) is 4.90 Å². The zero-order valence-electron chi connectivity index (χ0n) is 15.0. The smallest absolute Gasteiger partial charge is 0.242 e. The minimum absolute atomic E-state index is 0.141. The van der Waals surface area contributed by atoms with Crippen LogP contribution in [0.3, 0.4) is 0 Å². The Morgan fingerprint density at radius 2 is 1.89 bits per heavy atom. The molecular weight excluding hydrogens is 388 g/mol. The summed E-state index contributed by atoms with van der Waals surface area (Å²) in [6.07, 6.45) is 0. The third-order valence-electron chi connectivity index (χ3n) is 4.25. The highest BCUT2D eigenvalue weighted by molar-refractivity contribution is 7.89. The second kappa shape index (κ2) is 6.66. The molecular formula is C18H18N2O5S2. The number of fused-ring (bicyclic) bond motifs is 1. The number of rotatable bonds is 5. The van der Waals surface area contributed by atoms with Crippen LogP contribution in [0.25, 0.3) is 11.3 Å². The molecule has 9 heteroatoms. The maximum Gasteiger partial charge on any atom is 0.242 e. The number of benzene rings is 1. The van der Waals surface area contributed by atoms with Gasteiger partial charge in [0.25, 0.3) is 0 Å². The van der Waals surface area contributed by atoms with Crippen molar-refractivity contribution in [3.05, 3.63) is 45.3 Å². The third kappa shape index (κ3) is 3.33. The normalized spacial score (nSPS) is 13.3. The lowest BCUT2D eigenvalue weighted by Gasteiger charge is -2.09. The quantitative estimate of drug-likeness (QED) is 0.697. The van der Waals surface area contributed by atoms with Crippen LogP contribution in [0.1, 0.15) is 21.0 Å². The van der Waals surface area contributed by atoms with Crippen LogP contribution in [0.15, 0.2) is 33.7 Å². The van der Waals surface area contributed by atoms with Crippen molar-refractivity contribution in [2.24, 2.45) is 0 Å². The van der Waals surface area contributed by atoms with Gasteiger partial charge in [-0.25, -0.2) is 13.1 Å². The van der Waals surface area contributed by atoms with Gasteiger partial charge in [-0.2, -0.15) is 0 Å². The van der Waals surface area contributed by atoms with Crippen LogP contribution in [0.2, 0.25) is 0 Å². The van der Waals surface area contributed by atoms with E-state index in [1.54, 1.807) is 32.0 Å². The molecule has 1 aliphatic rings. The van der Waals surface area contributed by atoms with Crippen molar-refractivity contribution in [3.8, 4) is 22.8 Å². The van der Waals surface area contributed by atoms with E-state index in [4.69, 9.17) is 14.0 Å². The zero-order valence-corrected chi connectivity index (χ0v) is 16.7. The molecule has 2 aromatic heterocycles. The first kappa shape index (κ1) is 18.0. The maximum atomic E-state index is 13.1. The summed E-state index contributed by atoms with van der Waals surface area (Å²) >= 11 is 1.42. The minimum atomic E-state index is -3.75. The highest BCUT2D eigenvalue weighted by Crippen LogP contribution is 2.39. The SMILES string of the molecule is Cc1cc(-c2c(C)sc(C)c2S(=O)(=O)NCc2ccc3c(c2)OCO3)on1. The Morgan fingerprint density at radius 3 is 2.63 bits per heavy atom. The molecule has 0 saturated carbocycles. The van der Waals surface area contributed by atoms with Crippen LogP contribution in [-0.2, 0) is 16.6 Å². The summed E-state index contributed by atoms with van der Waals surface area (Å²) in [4.78, 5) is 1.81. The Labute approximate surface area is 161 Å². The molecule has 0 atom stereocenters. The van der Waals surface area contributed by atoms with Crippen LogP contribution in [-0.4, -0.2) is 20.4 Å². The fraction of sp³-hybridized carbons (Fsp3) is 0.278. The number of sulfonamides is 1. The first-order valence-corrected chi connectivity index (χ1v) is 10.6. The molecule has 1 aliphatic heterocycles. The van der Waals surface area contributed by atoms with E-state index in [1.807, 2.05) is 13.0 Å². The van der Waals surface area contributed by atoms with Crippen LogP contribution in [0, 0.1) is 20.8 Å².